The van der Waals surface area contributed by atoms with Crippen LogP contribution < -0.4 is 4.48 Å². The molecule has 1 aromatic rings. The molecule has 0 aliphatic rings. The normalized spacial score (nSPS) is 8.85. The van der Waals surface area contributed by atoms with Crippen LogP contribution in [-0.2, 0) is 0 Å². The number of nitrogens with zero attached hydrogens (tertiary/aromatic N) is 1. The molecule has 1 rings (SSSR count). The fraction of sp³-hybridized carbons (Fsp3) is 0.417. The Balaban J connectivity index is -0.000000333. The van der Waals surface area contributed by atoms with Gasteiger partial charge in [0.15, 0.2) is 0 Å². The van der Waals surface area contributed by atoms with Gasteiger partial charge in [0.25, 0.3) is 0 Å². The zero-order chi connectivity index (χ0) is 7.61. The third-order valence-corrected chi connectivity index (χ3v) is 1.53. The molecular weight excluding hydrogens is 158 g/mol. The third-order valence-electron chi connectivity index (χ3n) is 1.53. The molecule has 0 saturated heterocycles. The van der Waals surface area contributed by atoms with E-state index in [-0.39, 0.29) is 22.3 Å². The van der Waals surface area contributed by atoms with Crippen molar-refractivity contribution in [2.24, 2.45) is 0 Å². The molecule has 0 aromatic heterocycles. The first-order chi connectivity index (χ1) is 4.61. The molecule has 0 fully saturated rings. The highest BCUT2D eigenvalue weighted by atomic mass is 15.3. The van der Waals surface area contributed by atoms with Crippen LogP contribution in [-0.4, -0.2) is 21.1 Å². The maximum atomic E-state index is 2.16. The second-order valence-electron chi connectivity index (χ2n) is 3.35. The van der Waals surface area contributed by atoms with Gasteiger partial charge < -0.3 is 7.43 Å². The minimum atomic E-state index is 0. The Morgan fingerprint density at radius 3 is 1.46 bits per heavy atom. The summed E-state index contributed by atoms with van der Waals surface area (Å²) in [6.45, 7) is 0. The summed E-state index contributed by atoms with van der Waals surface area (Å²) in [7, 11) is 6.49. The fourth-order valence-corrected chi connectivity index (χ4v) is 0.875. The minimum absolute atomic E-state index is 0. The largest absolute Gasteiger partial charge is 0.358 e. The lowest BCUT2D eigenvalue weighted by Gasteiger charge is -2.22. The Bertz CT molecular complexity index is 196. The summed E-state index contributed by atoms with van der Waals surface area (Å²) < 4.78 is 0.890. The van der Waals surface area contributed by atoms with Gasteiger partial charge in [-0.25, -0.2) is 0 Å². The first-order valence-corrected chi connectivity index (χ1v) is 3.48. The van der Waals surface area contributed by atoms with E-state index in [9.17, 15) is 0 Å². The molecule has 0 saturated carbocycles. The van der Waals surface area contributed by atoms with Gasteiger partial charge in [0, 0.05) is 0 Å². The number of hydrogen-bond acceptors (Lipinski definition) is 0. The van der Waals surface area contributed by atoms with Gasteiger partial charge in [-0.05, 0) is 12.1 Å². The van der Waals surface area contributed by atoms with Gasteiger partial charge in [-0.2, -0.15) is 0 Å². The lowest BCUT2D eigenvalue weighted by molar-refractivity contribution is 0.486. The maximum Gasteiger partial charge on any atom is 0.132 e. The quantitative estimate of drug-likeness (QED) is 0.461. The second kappa shape index (κ2) is 6.67. The number of hydrogen-bond donors (Lipinski definition) is 0. The molecule has 0 amide bonds. The number of rotatable bonds is 1. The molecule has 78 valence electrons. The summed E-state index contributed by atoms with van der Waals surface area (Å²) in [5.74, 6) is 0. The van der Waals surface area contributed by atoms with Crippen LogP contribution in [0, 0.1) is 7.43 Å². The van der Waals surface area contributed by atoms with Crippen molar-refractivity contribution in [3.8, 4) is 0 Å². The van der Waals surface area contributed by atoms with Crippen LogP contribution in [0.4, 0.5) is 5.69 Å². The number of benzene rings is 1. The molecule has 0 spiro atoms. The molecule has 0 radical (unpaired) electrons. The first kappa shape index (κ1) is 18.1. The predicted octanol–water partition coefficient (Wildman–Crippen LogP) is 3.61. The zero-order valence-electron chi connectivity index (χ0n) is 7.83. The Kier molecular flexibility index (Phi) is 9.27. The summed E-state index contributed by atoms with van der Waals surface area (Å²) in [4.78, 5) is 0. The topological polar surface area (TPSA) is 0 Å². The Morgan fingerprint density at radius 2 is 1.23 bits per heavy atom. The summed E-state index contributed by atoms with van der Waals surface area (Å²) in [5.41, 5.74) is 1.34. The van der Waals surface area contributed by atoms with E-state index in [4.69, 9.17) is 0 Å². The maximum absolute atomic E-state index is 2.16. The van der Waals surface area contributed by atoms with E-state index < -0.39 is 0 Å². The van der Waals surface area contributed by atoms with E-state index in [1.54, 1.807) is 0 Å². The van der Waals surface area contributed by atoms with Crippen LogP contribution in [0.3, 0.4) is 0 Å². The van der Waals surface area contributed by atoms with Gasteiger partial charge in [0.1, 0.15) is 5.69 Å². The van der Waals surface area contributed by atoms with Crippen LogP contribution in [0.1, 0.15) is 14.9 Å². The Hall–Kier alpha value is -0.820. The molecule has 0 heterocycles. The van der Waals surface area contributed by atoms with Crippen molar-refractivity contribution in [1.82, 2.24) is 4.48 Å². The monoisotopic (exact) mass is 183 g/mol. The van der Waals surface area contributed by atoms with Gasteiger partial charge in [0.05, 0.1) is 21.1 Å². The smallest absolute Gasteiger partial charge is 0.132 e. The predicted molar refractivity (Wildman–Crippen MR) is 65.9 cm³/mol. The minimum Gasteiger partial charge on any atom is -0.358 e. The average Bonchev–Trinajstić information content (AvgIpc) is 1.88. The van der Waals surface area contributed by atoms with Gasteiger partial charge in [-0.15, -0.1) is 0 Å². The molecule has 0 unspecified atom stereocenters. The number of quaternary nitrogens is 1. The van der Waals surface area contributed by atoms with Gasteiger partial charge in [-0.3, -0.25) is 4.48 Å². The summed E-state index contributed by atoms with van der Waals surface area (Å²) in [6.07, 6.45) is 0. The van der Waals surface area contributed by atoms with Gasteiger partial charge in [-0.1, -0.05) is 33.1 Å². The molecule has 1 nitrogen and oxygen atoms in total. The lowest BCUT2D eigenvalue weighted by atomic mass is 10.3. The van der Waals surface area contributed by atoms with Crippen LogP contribution in [0.5, 0.6) is 0 Å². The van der Waals surface area contributed by atoms with E-state index in [1.165, 1.54) is 5.69 Å². The summed E-state index contributed by atoms with van der Waals surface area (Å²) in [6, 6.07) is 10.5. The van der Waals surface area contributed by atoms with Crippen molar-refractivity contribution >= 4 is 5.69 Å². The molecular formula is C12H25N. The molecule has 0 N–H and O–H groups in total. The Morgan fingerprint density at radius 1 is 0.846 bits per heavy atom. The van der Waals surface area contributed by atoms with E-state index in [0.29, 0.717) is 0 Å². The van der Waals surface area contributed by atoms with Crippen LogP contribution >= 0.6 is 0 Å². The molecule has 13 heavy (non-hydrogen) atoms. The third kappa shape index (κ3) is 5.42. The zero-order valence-corrected chi connectivity index (χ0v) is 7.83. The van der Waals surface area contributed by atoms with Crippen molar-refractivity contribution in [1.29, 1.82) is 0 Å². The lowest BCUT2D eigenvalue weighted by Crippen LogP contribution is -2.34. The highest BCUT2D eigenvalue weighted by molar-refractivity contribution is 5.40. The second-order valence-corrected chi connectivity index (χ2v) is 3.35. The van der Waals surface area contributed by atoms with E-state index in [1.807, 2.05) is 6.07 Å². The fourth-order valence-electron chi connectivity index (χ4n) is 0.875. The highest BCUT2D eigenvalue weighted by Crippen LogP contribution is 2.14. The molecule has 0 bridgehead atoms. The highest BCUT2D eigenvalue weighted by Gasteiger charge is 2.08. The van der Waals surface area contributed by atoms with Gasteiger partial charge in [0.2, 0.25) is 0 Å². The van der Waals surface area contributed by atoms with E-state index >= 15 is 0 Å². The molecule has 0 atom stereocenters. The van der Waals surface area contributed by atoms with Crippen LogP contribution in [0.2, 0.25) is 0 Å². The Labute approximate surface area is 84.6 Å². The van der Waals surface area contributed by atoms with Crippen LogP contribution in [0.25, 0.3) is 0 Å². The van der Waals surface area contributed by atoms with Crippen molar-refractivity contribution in [2.75, 3.05) is 21.1 Å². The molecule has 1 heteroatoms. The summed E-state index contributed by atoms with van der Waals surface area (Å²) >= 11 is 0. The van der Waals surface area contributed by atoms with E-state index in [2.05, 4.69) is 45.4 Å². The van der Waals surface area contributed by atoms with Crippen molar-refractivity contribution < 1.29 is 0 Å². The van der Waals surface area contributed by atoms with Crippen molar-refractivity contribution in [3.05, 3.63) is 37.8 Å². The first-order valence-electron chi connectivity index (χ1n) is 3.48. The van der Waals surface area contributed by atoms with Crippen LogP contribution in [0.15, 0.2) is 30.3 Å². The number of para-hydroxylation sites is 1. The SMILES string of the molecule is C.C.C[N+](C)(C)c1ccccc1.[CH3-]. The van der Waals surface area contributed by atoms with E-state index in [0.717, 1.165) is 4.48 Å². The van der Waals surface area contributed by atoms with Crippen molar-refractivity contribution in [2.45, 2.75) is 14.9 Å². The molecule has 1 aromatic carbocycles. The van der Waals surface area contributed by atoms with Crippen molar-refractivity contribution in [3.63, 3.8) is 0 Å². The molecule has 0 aliphatic carbocycles. The summed E-state index contributed by atoms with van der Waals surface area (Å²) in [5, 5.41) is 0. The standard InChI is InChI=1S/C9H14N.2CH4.CH3/c1-10(2,3)9-7-5-4-6-8-9;;;/h4-8H,1-3H3;2*1H4;1H3/q+1;;;-1. The van der Waals surface area contributed by atoms with Gasteiger partial charge >= 0.3 is 0 Å². The average molecular weight is 183 g/mol. The molecule has 0 aliphatic heterocycles.